The molecule has 0 saturated heterocycles. The summed E-state index contributed by atoms with van der Waals surface area (Å²) in [5.41, 5.74) is 2.07. The van der Waals surface area contributed by atoms with E-state index in [4.69, 9.17) is 4.74 Å². The summed E-state index contributed by atoms with van der Waals surface area (Å²) in [6.07, 6.45) is 4.67. The summed E-state index contributed by atoms with van der Waals surface area (Å²) in [4.78, 5) is 43.3. The van der Waals surface area contributed by atoms with Gasteiger partial charge in [0.05, 0.1) is 0 Å². The first-order chi connectivity index (χ1) is 18.6. The summed E-state index contributed by atoms with van der Waals surface area (Å²) in [5.74, 6) is -0.150. The number of carbonyl (C=O) groups excluding carboxylic acids is 3. The predicted octanol–water partition coefficient (Wildman–Crippen LogP) is 7.24. The molecule has 0 bridgehead atoms. The fourth-order valence-corrected chi connectivity index (χ4v) is 4.93. The highest BCUT2D eigenvalue weighted by atomic mass is 16.6. The van der Waals surface area contributed by atoms with Crippen LogP contribution in [0.5, 0.6) is 0 Å². The van der Waals surface area contributed by atoms with Crippen molar-refractivity contribution in [1.29, 1.82) is 0 Å². The minimum absolute atomic E-state index is 0.161. The first-order valence-electron chi connectivity index (χ1n) is 15.3. The molecule has 0 aliphatic heterocycles. The molecule has 4 unspecified atom stereocenters. The second-order valence-electron chi connectivity index (χ2n) is 12.8. The topological polar surface area (TPSA) is 87.7 Å². The van der Waals surface area contributed by atoms with Crippen molar-refractivity contribution < 1.29 is 19.1 Å². The Labute approximate surface area is 244 Å². The molecule has 228 valence electrons. The number of hydrogen-bond acceptors (Lipinski definition) is 4. The Morgan fingerprint density at radius 2 is 1.55 bits per heavy atom. The van der Waals surface area contributed by atoms with Crippen LogP contribution in [0.2, 0.25) is 0 Å². The number of rotatable bonds is 15. The van der Waals surface area contributed by atoms with Gasteiger partial charge in [0, 0.05) is 12.6 Å². The van der Waals surface area contributed by atoms with Gasteiger partial charge in [-0.15, -0.1) is 0 Å². The average Bonchev–Trinajstić information content (AvgIpc) is 2.85. The third kappa shape index (κ3) is 11.1. The molecule has 0 aromatic heterocycles. The van der Waals surface area contributed by atoms with Gasteiger partial charge in [-0.2, -0.15) is 0 Å². The van der Waals surface area contributed by atoms with E-state index in [1.807, 2.05) is 52.8 Å². The normalized spacial score (nSPS) is 14.7. The van der Waals surface area contributed by atoms with Gasteiger partial charge in [-0.1, -0.05) is 72.1 Å². The molecule has 0 radical (unpaired) electrons. The maximum atomic E-state index is 14.6. The minimum Gasteiger partial charge on any atom is -0.444 e. The summed E-state index contributed by atoms with van der Waals surface area (Å²) in [7, 11) is 0. The first kappa shape index (κ1) is 35.5. The second-order valence-corrected chi connectivity index (χ2v) is 12.8. The third-order valence-corrected chi connectivity index (χ3v) is 7.46. The lowest BCUT2D eigenvalue weighted by Gasteiger charge is -2.40. The molecule has 7 heteroatoms. The zero-order chi connectivity index (χ0) is 30.6. The van der Waals surface area contributed by atoms with E-state index in [-0.39, 0.29) is 23.8 Å². The summed E-state index contributed by atoms with van der Waals surface area (Å²) in [6.45, 7) is 22.4. The van der Waals surface area contributed by atoms with Crippen LogP contribution in [-0.4, -0.2) is 47.0 Å². The predicted molar refractivity (Wildman–Crippen MR) is 164 cm³/mol. The van der Waals surface area contributed by atoms with E-state index in [2.05, 4.69) is 31.4 Å². The van der Waals surface area contributed by atoms with Crippen molar-refractivity contribution in [2.24, 2.45) is 11.8 Å². The van der Waals surface area contributed by atoms with Crippen LogP contribution in [0.25, 0.3) is 0 Å². The smallest absolute Gasteiger partial charge is 0.408 e. The monoisotopic (exact) mass is 559 g/mol. The van der Waals surface area contributed by atoms with Crippen LogP contribution in [0.15, 0.2) is 18.2 Å². The van der Waals surface area contributed by atoms with Crippen LogP contribution in [0.3, 0.4) is 0 Å². The molecule has 1 aromatic carbocycles. The molecule has 0 saturated carbocycles. The standard InChI is InChI=1S/C33H57N3O4/c1-12-14-15-21-34-30(37)29(27-24(6)17-16-18-25(27)7)36(26(8)20-19-22(3)4)31(38)28(23(5)13-2)35-32(39)40-33(9,10)11/h16-18,22-23,26,28-29H,12-15,19-21H2,1-11H3,(H,34,37)(H,35,39). The van der Waals surface area contributed by atoms with E-state index in [0.29, 0.717) is 18.9 Å². The molecular weight excluding hydrogens is 502 g/mol. The van der Waals surface area contributed by atoms with Gasteiger partial charge in [0.15, 0.2) is 0 Å². The van der Waals surface area contributed by atoms with Crippen molar-refractivity contribution in [3.63, 3.8) is 0 Å². The van der Waals surface area contributed by atoms with Crippen LogP contribution in [0, 0.1) is 25.7 Å². The lowest BCUT2D eigenvalue weighted by molar-refractivity contribution is -0.146. The summed E-state index contributed by atoms with van der Waals surface area (Å²) in [5, 5.41) is 6.01. The molecule has 1 aromatic rings. The van der Waals surface area contributed by atoms with Crippen molar-refractivity contribution >= 4 is 17.9 Å². The van der Waals surface area contributed by atoms with Crippen LogP contribution in [0.1, 0.15) is 124 Å². The number of carbonyl (C=O) groups is 3. The third-order valence-electron chi connectivity index (χ3n) is 7.46. The molecule has 40 heavy (non-hydrogen) atoms. The molecule has 0 heterocycles. The molecule has 3 amide bonds. The Balaban J connectivity index is 3.70. The van der Waals surface area contributed by atoms with Crippen molar-refractivity contribution in [1.82, 2.24) is 15.5 Å². The Morgan fingerprint density at radius 1 is 0.950 bits per heavy atom. The number of nitrogens with one attached hydrogen (secondary N) is 2. The quantitative estimate of drug-likeness (QED) is 0.222. The Hall–Kier alpha value is -2.57. The summed E-state index contributed by atoms with van der Waals surface area (Å²) >= 11 is 0. The van der Waals surface area contributed by atoms with Crippen molar-refractivity contribution in [3.8, 4) is 0 Å². The zero-order valence-electron chi connectivity index (χ0n) is 27.1. The molecule has 0 aliphatic carbocycles. The van der Waals surface area contributed by atoms with Gasteiger partial charge in [-0.3, -0.25) is 9.59 Å². The molecule has 1 rings (SSSR count). The number of benzene rings is 1. The highest BCUT2D eigenvalue weighted by Crippen LogP contribution is 2.32. The van der Waals surface area contributed by atoms with Gasteiger partial charge in [-0.05, 0) is 89.3 Å². The molecule has 0 fully saturated rings. The van der Waals surface area contributed by atoms with E-state index in [0.717, 1.165) is 48.8 Å². The number of hydrogen-bond donors (Lipinski definition) is 2. The minimum atomic E-state index is -0.832. The number of alkyl carbamates (subject to hydrolysis) is 1. The molecular formula is C33H57N3O4. The summed E-state index contributed by atoms with van der Waals surface area (Å²) < 4.78 is 5.54. The Kier molecular flexibility index (Phi) is 14.7. The second kappa shape index (κ2) is 16.6. The maximum Gasteiger partial charge on any atom is 0.408 e. The highest BCUT2D eigenvalue weighted by molar-refractivity contribution is 5.93. The van der Waals surface area contributed by atoms with Gasteiger partial charge >= 0.3 is 6.09 Å². The molecule has 4 atom stereocenters. The molecule has 0 aliphatic rings. The van der Waals surface area contributed by atoms with Crippen LogP contribution in [0.4, 0.5) is 4.79 Å². The lowest BCUT2D eigenvalue weighted by atomic mass is 9.90. The van der Waals surface area contributed by atoms with Crippen LogP contribution < -0.4 is 10.6 Å². The Morgan fingerprint density at radius 3 is 2.05 bits per heavy atom. The van der Waals surface area contributed by atoms with E-state index in [1.165, 1.54) is 0 Å². The van der Waals surface area contributed by atoms with E-state index in [9.17, 15) is 14.4 Å². The fourth-order valence-electron chi connectivity index (χ4n) is 4.93. The molecule has 0 spiro atoms. The fraction of sp³-hybridized carbons (Fsp3) is 0.727. The Bertz CT molecular complexity index is 933. The maximum absolute atomic E-state index is 14.6. The van der Waals surface area contributed by atoms with E-state index in [1.54, 1.807) is 25.7 Å². The largest absolute Gasteiger partial charge is 0.444 e. The van der Waals surface area contributed by atoms with Gasteiger partial charge in [0.2, 0.25) is 11.8 Å². The van der Waals surface area contributed by atoms with Crippen molar-refractivity contribution in [2.45, 2.75) is 138 Å². The first-order valence-corrected chi connectivity index (χ1v) is 15.3. The van der Waals surface area contributed by atoms with Gasteiger partial charge in [0.25, 0.3) is 0 Å². The van der Waals surface area contributed by atoms with Gasteiger partial charge in [-0.25, -0.2) is 4.79 Å². The van der Waals surface area contributed by atoms with Gasteiger partial charge < -0.3 is 20.3 Å². The van der Waals surface area contributed by atoms with Crippen LogP contribution in [-0.2, 0) is 14.3 Å². The highest BCUT2D eigenvalue weighted by Gasteiger charge is 2.41. The lowest BCUT2D eigenvalue weighted by Crippen LogP contribution is -2.57. The van der Waals surface area contributed by atoms with Crippen molar-refractivity contribution in [2.75, 3.05) is 6.54 Å². The van der Waals surface area contributed by atoms with E-state index < -0.39 is 23.8 Å². The van der Waals surface area contributed by atoms with Gasteiger partial charge in [0.1, 0.15) is 17.7 Å². The van der Waals surface area contributed by atoms with E-state index >= 15 is 0 Å². The number of aryl methyl sites for hydroxylation is 2. The average molecular weight is 560 g/mol. The number of ether oxygens (including phenoxy) is 1. The van der Waals surface area contributed by atoms with Crippen molar-refractivity contribution in [3.05, 3.63) is 34.9 Å². The number of amides is 3. The summed E-state index contributed by atoms with van der Waals surface area (Å²) in [6, 6.07) is 4.08. The SMILES string of the molecule is CCCCCNC(=O)C(c1c(C)cccc1C)N(C(=O)C(NC(=O)OC(C)(C)C)C(C)CC)C(C)CCC(C)C. The zero-order valence-corrected chi connectivity index (χ0v) is 27.1. The number of nitrogens with zero attached hydrogens (tertiary/aromatic N) is 1. The molecule has 7 nitrogen and oxygen atoms in total. The molecule has 2 N–H and O–H groups in total. The van der Waals surface area contributed by atoms with Crippen LogP contribution >= 0.6 is 0 Å². The number of unbranched alkanes of at least 4 members (excludes halogenated alkanes) is 2.